The van der Waals surface area contributed by atoms with Crippen molar-refractivity contribution in [1.82, 2.24) is 0 Å². The summed E-state index contributed by atoms with van der Waals surface area (Å²) in [7, 11) is 0. The summed E-state index contributed by atoms with van der Waals surface area (Å²) in [6.45, 7) is 3.55. The van der Waals surface area contributed by atoms with Crippen LogP contribution in [0.15, 0.2) is 29.2 Å². The highest BCUT2D eigenvalue weighted by molar-refractivity contribution is 7.99. The van der Waals surface area contributed by atoms with Crippen LogP contribution in [0.4, 0.5) is 5.69 Å². The quantitative estimate of drug-likeness (QED) is 0.604. The fourth-order valence-electron chi connectivity index (χ4n) is 1.43. The highest BCUT2D eigenvalue weighted by Gasteiger charge is 1.98. The van der Waals surface area contributed by atoms with Crippen molar-refractivity contribution in [3.8, 4) is 0 Å². The number of anilines is 1. The van der Waals surface area contributed by atoms with E-state index >= 15 is 0 Å². The van der Waals surface area contributed by atoms with Crippen LogP contribution in [0.1, 0.15) is 26.7 Å². The molecule has 3 nitrogen and oxygen atoms in total. The molecule has 0 aromatic heterocycles. The van der Waals surface area contributed by atoms with Crippen LogP contribution in [0.5, 0.6) is 0 Å². The SMILES string of the molecule is CC(=O)Nc1ccc(SCCCC(C)N)cc1. The Morgan fingerprint density at radius 2 is 2.06 bits per heavy atom. The van der Waals surface area contributed by atoms with E-state index in [1.54, 1.807) is 0 Å². The third kappa shape index (κ3) is 6.34. The summed E-state index contributed by atoms with van der Waals surface area (Å²) in [6.07, 6.45) is 2.20. The predicted molar refractivity (Wildman–Crippen MR) is 74.4 cm³/mol. The molecule has 4 heteroatoms. The molecule has 1 atom stereocenters. The van der Waals surface area contributed by atoms with Crippen molar-refractivity contribution in [2.75, 3.05) is 11.1 Å². The van der Waals surface area contributed by atoms with Gasteiger partial charge in [-0.3, -0.25) is 4.79 Å². The lowest BCUT2D eigenvalue weighted by Gasteiger charge is -2.06. The van der Waals surface area contributed by atoms with Crippen LogP contribution in [-0.2, 0) is 4.79 Å². The van der Waals surface area contributed by atoms with Gasteiger partial charge in [-0.2, -0.15) is 0 Å². The highest BCUT2D eigenvalue weighted by Crippen LogP contribution is 2.21. The molecule has 0 aliphatic rings. The first-order valence-electron chi connectivity index (χ1n) is 5.84. The molecule has 1 amide bonds. The summed E-state index contributed by atoms with van der Waals surface area (Å²) in [5.41, 5.74) is 6.53. The van der Waals surface area contributed by atoms with Gasteiger partial charge in [0.05, 0.1) is 0 Å². The summed E-state index contributed by atoms with van der Waals surface area (Å²) in [6, 6.07) is 8.20. The fourth-order valence-corrected chi connectivity index (χ4v) is 2.31. The van der Waals surface area contributed by atoms with E-state index in [1.165, 1.54) is 11.8 Å². The Bertz CT molecular complexity index is 349. The second kappa shape index (κ2) is 7.35. The monoisotopic (exact) mass is 252 g/mol. The lowest BCUT2D eigenvalue weighted by atomic mass is 10.2. The minimum atomic E-state index is -0.0395. The molecule has 0 fully saturated rings. The number of thioether (sulfide) groups is 1. The third-order valence-corrected chi connectivity index (χ3v) is 3.35. The largest absolute Gasteiger partial charge is 0.328 e. The van der Waals surface area contributed by atoms with Crippen molar-refractivity contribution in [1.29, 1.82) is 0 Å². The minimum absolute atomic E-state index is 0.0395. The fraction of sp³-hybridized carbons (Fsp3) is 0.462. The standard InChI is InChI=1S/C13H20N2OS/c1-10(14)4-3-9-17-13-7-5-12(6-8-13)15-11(2)16/h5-8,10H,3-4,9,14H2,1-2H3,(H,15,16). The smallest absolute Gasteiger partial charge is 0.221 e. The number of benzene rings is 1. The maximum Gasteiger partial charge on any atom is 0.221 e. The third-order valence-electron chi connectivity index (χ3n) is 2.25. The van der Waals surface area contributed by atoms with Crippen LogP contribution in [0.25, 0.3) is 0 Å². The summed E-state index contributed by atoms with van der Waals surface area (Å²) in [5.74, 6) is 1.04. The van der Waals surface area contributed by atoms with Crippen molar-refractivity contribution in [2.24, 2.45) is 5.73 Å². The maximum atomic E-state index is 10.8. The molecule has 1 aromatic rings. The van der Waals surface area contributed by atoms with Gasteiger partial charge in [0.15, 0.2) is 0 Å². The number of carbonyl (C=O) groups is 1. The first-order valence-corrected chi connectivity index (χ1v) is 6.82. The topological polar surface area (TPSA) is 55.1 Å². The average Bonchev–Trinajstić information content (AvgIpc) is 2.25. The molecule has 0 spiro atoms. The van der Waals surface area contributed by atoms with Gasteiger partial charge in [0.1, 0.15) is 0 Å². The van der Waals surface area contributed by atoms with Gasteiger partial charge in [-0.1, -0.05) is 0 Å². The van der Waals surface area contributed by atoms with E-state index in [4.69, 9.17) is 5.73 Å². The molecule has 17 heavy (non-hydrogen) atoms. The second-order valence-corrected chi connectivity index (χ2v) is 5.34. The second-order valence-electron chi connectivity index (χ2n) is 4.17. The Morgan fingerprint density at radius 1 is 1.41 bits per heavy atom. The lowest BCUT2D eigenvalue weighted by molar-refractivity contribution is -0.114. The van der Waals surface area contributed by atoms with Crippen LogP contribution in [0, 0.1) is 0 Å². The summed E-state index contributed by atoms with van der Waals surface area (Å²) < 4.78 is 0. The lowest BCUT2D eigenvalue weighted by Crippen LogP contribution is -2.14. The molecule has 3 N–H and O–H groups in total. The Labute approximate surface area is 107 Å². The Hall–Kier alpha value is -1.00. The van der Waals surface area contributed by atoms with Crippen LogP contribution < -0.4 is 11.1 Å². The van der Waals surface area contributed by atoms with Gasteiger partial charge in [0, 0.05) is 23.5 Å². The van der Waals surface area contributed by atoms with Crippen LogP contribution in [0.3, 0.4) is 0 Å². The van der Waals surface area contributed by atoms with Gasteiger partial charge < -0.3 is 11.1 Å². The Balaban J connectivity index is 2.32. The number of nitrogens with two attached hydrogens (primary N) is 1. The minimum Gasteiger partial charge on any atom is -0.328 e. The number of hydrogen-bond acceptors (Lipinski definition) is 3. The van der Waals surface area contributed by atoms with E-state index in [2.05, 4.69) is 5.32 Å². The predicted octanol–water partition coefficient (Wildman–Crippen LogP) is 2.86. The van der Waals surface area contributed by atoms with Crippen molar-refractivity contribution in [3.63, 3.8) is 0 Å². The van der Waals surface area contributed by atoms with Crippen LogP contribution >= 0.6 is 11.8 Å². The van der Waals surface area contributed by atoms with E-state index < -0.39 is 0 Å². The van der Waals surface area contributed by atoms with Gasteiger partial charge in [-0.15, -0.1) is 11.8 Å². The van der Waals surface area contributed by atoms with Gasteiger partial charge in [0.2, 0.25) is 5.91 Å². The molecule has 94 valence electrons. The zero-order valence-corrected chi connectivity index (χ0v) is 11.2. The first kappa shape index (κ1) is 14.1. The average molecular weight is 252 g/mol. The molecule has 0 bridgehead atoms. The van der Waals surface area contributed by atoms with Gasteiger partial charge in [0.25, 0.3) is 0 Å². The number of amides is 1. The van der Waals surface area contributed by atoms with Gasteiger partial charge >= 0.3 is 0 Å². The number of carbonyl (C=O) groups excluding carboxylic acids is 1. The zero-order chi connectivity index (χ0) is 12.7. The molecule has 0 aliphatic carbocycles. The number of nitrogens with one attached hydrogen (secondary N) is 1. The zero-order valence-electron chi connectivity index (χ0n) is 10.4. The van der Waals surface area contributed by atoms with E-state index in [0.29, 0.717) is 0 Å². The molecule has 0 saturated carbocycles. The molecule has 1 rings (SSSR count). The Kier molecular flexibility index (Phi) is 6.08. The molecule has 0 heterocycles. The normalized spacial score (nSPS) is 12.2. The van der Waals surface area contributed by atoms with Crippen molar-refractivity contribution in [3.05, 3.63) is 24.3 Å². The maximum absolute atomic E-state index is 10.8. The molecule has 0 aliphatic heterocycles. The van der Waals surface area contributed by atoms with Crippen LogP contribution in [-0.4, -0.2) is 17.7 Å². The molecular weight excluding hydrogens is 232 g/mol. The number of rotatable bonds is 6. The molecule has 1 aromatic carbocycles. The summed E-state index contributed by atoms with van der Waals surface area (Å²) >= 11 is 1.82. The molecule has 1 unspecified atom stereocenters. The molecular formula is C13H20N2OS. The van der Waals surface area contributed by atoms with E-state index in [-0.39, 0.29) is 11.9 Å². The van der Waals surface area contributed by atoms with Gasteiger partial charge in [-0.05, 0) is 49.8 Å². The summed E-state index contributed by atoms with van der Waals surface area (Å²) in [5, 5.41) is 2.75. The highest BCUT2D eigenvalue weighted by atomic mass is 32.2. The van der Waals surface area contributed by atoms with E-state index in [9.17, 15) is 4.79 Å². The summed E-state index contributed by atoms with van der Waals surface area (Å²) in [4.78, 5) is 12.1. The van der Waals surface area contributed by atoms with Crippen LogP contribution in [0.2, 0.25) is 0 Å². The number of hydrogen-bond donors (Lipinski definition) is 2. The van der Waals surface area contributed by atoms with Gasteiger partial charge in [-0.25, -0.2) is 0 Å². The molecule has 0 radical (unpaired) electrons. The Morgan fingerprint density at radius 3 is 2.59 bits per heavy atom. The van der Waals surface area contributed by atoms with E-state index in [0.717, 1.165) is 24.3 Å². The van der Waals surface area contributed by atoms with Crippen molar-refractivity contribution >= 4 is 23.4 Å². The molecule has 0 saturated heterocycles. The first-order chi connectivity index (χ1) is 8.08. The van der Waals surface area contributed by atoms with Crippen molar-refractivity contribution in [2.45, 2.75) is 37.6 Å². The van der Waals surface area contributed by atoms with E-state index in [1.807, 2.05) is 43.0 Å². The van der Waals surface area contributed by atoms with Crippen molar-refractivity contribution < 1.29 is 4.79 Å².